The van der Waals surface area contributed by atoms with Crippen LogP contribution >= 0.6 is 0 Å². The van der Waals surface area contributed by atoms with Gasteiger partial charge in [-0.3, -0.25) is 4.79 Å². The largest absolute Gasteiger partial charge is 0.497 e. The van der Waals surface area contributed by atoms with Gasteiger partial charge in [0.2, 0.25) is 0 Å². The van der Waals surface area contributed by atoms with Gasteiger partial charge in [-0.2, -0.15) is 0 Å². The first-order chi connectivity index (χ1) is 11.0. The van der Waals surface area contributed by atoms with Crippen LogP contribution in [0.5, 0.6) is 5.75 Å². The average Bonchev–Trinajstić information content (AvgIpc) is 2.83. The number of benzene rings is 1. The summed E-state index contributed by atoms with van der Waals surface area (Å²) in [5, 5.41) is 3.38. The van der Waals surface area contributed by atoms with Crippen molar-refractivity contribution in [2.24, 2.45) is 0 Å². The summed E-state index contributed by atoms with van der Waals surface area (Å²) < 4.78 is 11.7. The van der Waals surface area contributed by atoms with Crippen LogP contribution in [0.25, 0.3) is 0 Å². The van der Waals surface area contributed by atoms with Crippen molar-refractivity contribution >= 4 is 5.78 Å². The van der Waals surface area contributed by atoms with Crippen molar-refractivity contribution in [3.05, 3.63) is 54.1 Å². The summed E-state index contributed by atoms with van der Waals surface area (Å²) in [5.41, 5.74) is 0.367. The highest BCUT2D eigenvalue weighted by atomic mass is 16.5. The first-order valence-corrected chi connectivity index (χ1v) is 7.91. The fourth-order valence-electron chi connectivity index (χ4n) is 3.56. The summed E-state index contributed by atoms with van der Waals surface area (Å²) in [6, 6.07) is 8.28. The van der Waals surface area contributed by atoms with Crippen molar-refractivity contribution in [2.75, 3.05) is 14.2 Å². The number of ether oxygens (including phenoxy) is 2. The molecule has 3 rings (SSSR count). The number of carbonyl (C=O) groups is 1. The second-order valence-corrected chi connectivity index (χ2v) is 6.51. The summed E-state index contributed by atoms with van der Waals surface area (Å²) in [7, 11) is 3.63. The summed E-state index contributed by atoms with van der Waals surface area (Å²) in [5.74, 6) is 0.869. The molecule has 1 spiro atoms. The van der Waals surface area contributed by atoms with E-state index in [2.05, 4.69) is 24.4 Å². The molecule has 1 aliphatic carbocycles. The Morgan fingerprint density at radius 1 is 1.26 bits per heavy atom. The highest BCUT2D eigenvalue weighted by Crippen LogP contribution is 2.42. The van der Waals surface area contributed by atoms with Crippen molar-refractivity contribution < 1.29 is 14.3 Å². The van der Waals surface area contributed by atoms with E-state index in [4.69, 9.17) is 9.47 Å². The number of likely N-dealkylation sites (N-methyl/N-ethyl adjacent to an activating group) is 1. The Morgan fingerprint density at radius 2 is 1.91 bits per heavy atom. The van der Waals surface area contributed by atoms with Gasteiger partial charge < -0.3 is 14.8 Å². The number of rotatable bonds is 4. The van der Waals surface area contributed by atoms with Crippen LogP contribution in [0.4, 0.5) is 0 Å². The number of ketones is 1. The normalized spacial score (nSPS) is 28.5. The molecule has 1 N–H and O–H groups in total. The van der Waals surface area contributed by atoms with Gasteiger partial charge in [0.05, 0.1) is 12.7 Å². The van der Waals surface area contributed by atoms with Gasteiger partial charge in [0.25, 0.3) is 0 Å². The maximum atomic E-state index is 11.4. The van der Waals surface area contributed by atoms with Crippen LogP contribution in [0.3, 0.4) is 0 Å². The Balaban J connectivity index is 1.82. The first kappa shape index (κ1) is 16.0. The minimum Gasteiger partial charge on any atom is -0.497 e. The van der Waals surface area contributed by atoms with Crippen LogP contribution in [-0.2, 0) is 16.0 Å². The van der Waals surface area contributed by atoms with Gasteiger partial charge in [-0.1, -0.05) is 12.1 Å². The Kier molecular flexibility index (Phi) is 4.13. The fourth-order valence-corrected chi connectivity index (χ4v) is 3.56. The lowest BCUT2D eigenvalue weighted by atomic mass is 9.86. The predicted octanol–water partition coefficient (Wildman–Crippen LogP) is 2.44. The molecule has 4 heteroatoms. The van der Waals surface area contributed by atoms with E-state index in [0.29, 0.717) is 0 Å². The maximum absolute atomic E-state index is 11.4. The molecule has 0 saturated carbocycles. The van der Waals surface area contributed by atoms with Crippen LogP contribution in [0.2, 0.25) is 0 Å². The molecule has 23 heavy (non-hydrogen) atoms. The van der Waals surface area contributed by atoms with Crippen molar-refractivity contribution in [2.45, 2.75) is 37.0 Å². The molecular formula is C19H23NO3. The molecule has 0 aromatic heterocycles. The van der Waals surface area contributed by atoms with E-state index in [0.717, 1.165) is 18.6 Å². The van der Waals surface area contributed by atoms with E-state index in [1.165, 1.54) is 5.56 Å². The van der Waals surface area contributed by atoms with Gasteiger partial charge in [-0.05, 0) is 56.0 Å². The summed E-state index contributed by atoms with van der Waals surface area (Å²) in [6.45, 7) is 2.13. The van der Waals surface area contributed by atoms with Crippen LogP contribution in [0, 0.1) is 0 Å². The molecular weight excluding hydrogens is 290 g/mol. The molecule has 1 aromatic carbocycles. The molecule has 4 nitrogen and oxygen atoms in total. The zero-order chi connectivity index (χ0) is 16.5. The molecule has 122 valence electrons. The molecule has 1 fully saturated rings. The van der Waals surface area contributed by atoms with Gasteiger partial charge in [0.1, 0.15) is 11.4 Å². The zero-order valence-electron chi connectivity index (χ0n) is 13.8. The summed E-state index contributed by atoms with van der Waals surface area (Å²) in [4.78, 5) is 11.4. The third kappa shape index (κ3) is 3.09. The third-order valence-electron chi connectivity index (χ3n) is 4.81. The Hall–Kier alpha value is -1.91. The van der Waals surface area contributed by atoms with E-state index >= 15 is 0 Å². The summed E-state index contributed by atoms with van der Waals surface area (Å²) >= 11 is 0. The van der Waals surface area contributed by atoms with Crippen LogP contribution in [0.1, 0.15) is 18.9 Å². The predicted molar refractivity (Wildman–Crippen MR) is 89.7 cm³/mol. The molecule has 0 amide bonds. The highest BCUT2D eigenvalue weighted by molar-refractivity contribution is 6.00. The molecule has 0 bridgehead atoms. The lowest BCUT2D eigenvalue weighted by Crippen LogP contribution is -2.45. The second-order valence-electron chi connectivity index (χ2n) is 6.51. The van der Waals surface area contributed by atoms with Crippen molar-refractivity contribution in [3.63, 3.8) is 0 Å². The number of allylic oxidation sites excluding steroid dienone is 2. The van der Waals surface area contributed by atoms with Gasteiger partial charge in [-0.15, -0.1) is 0 Å². The zero-order valence-corrected chi connectivity index (χ0v) is 13.8. The Morgan fingerprint density at radius 3 is 2.48 bits per heavy atom. The van der Waals surface area contributed by atoms with Crippen molar-refractivity contribution in [3.8, 4) is 5.75 Å². The minimum atomic E-state index is -0.483. The van der Waals surface area contributed by atoms with Gasteiger partial charge >= 0.3 is 0 Å². The monoisotopic (exact) mass is 313 g/mol. The van der Waals surface area contributed by atoms with Crippen LogP contribution < -0.4 is 10.1 Å². The smallest absolute Gasteiger partial charge is 0.178 e. The Bertz CT molecular complexity index is 631. The number of hydrogen-bond donors (Lipinski definition) is 1. The maximum Gasteiger partial charge on any atom is 0.178 e. The number of hydrogen-bond acceptors (Lipinski definition) is 4. The number of nitrogens with one attached hydrogen (secondary N) is 1. The minimum absolute atomic E-state index is 0.0176. The van der Waals surface area contributed by atoms with Crippen LogP contribution in [0.15, 0.2) is 48.6 Å². The molecule has 1 aromatic rings. The van der Waals surface area contributed by atoms with E-state index in [1.54, 1.807) is 19.3 Å². The topological polar surface area (TPSA) is 47.6 Å². The van der Waals surface area contributed by atoms with Gasteiger partial charge in [0, 0.05) is 18.9 Å². The number of carbonyl (C=O) groups excluding carboxylic acids is 1. The molecule has 0 radical (unpaired) electrons. The molecule has 1 aliphatic heterocycles. The highest BCUT2D eigenvalue weighted by Gasteiger charge is 2.51. The average molecular weight is 313 g/mol. The van der Waals surface area contributed by atoms with Crippen molar-refractivity contribution in [1.29, 1.82) is 0 Å². The third-order valence-corrected chi connectivity index (χ3v) is 4.81. The lowest BCUT2D eigenvalue weighted by Gasteiger charge is -2.32. The molecule has 2 aliphatic rings. The second kappa shape index (κ2) is 5.95. The fraction of sp³-hybridized carbons (Fsp3) is 0.421. The number of methoxy groups -OCH3 is 1. The lowest BCUT2D eigenvalue weighted by molar-refractivity contribution is -0.111. The van der Waals surface area contributed by atoms with Gasteiger partial charge in [0.15, 0.2) is 5.78 Å². The molecule has 2 unspecified atom stereocenters. The molecule has 1 heterocycles. The molecule has 2 atom stereocenters. The van der Waals surface area contributed by atoms with Crippen molar-refractivity contribution in [1.82, 2.24) is 5.32 Å². The van der Waals surface area contributed by atoms with E-state index < -0.39 is 5.60 Å². The standard InChI is InChI=1S/C19H23NO3/c1-18(12-14-4-6-16(22-3)7-5-14)17(20-2)13-19(23-18)10-8-15(21)9-11-19/h4-11,17,20H,12-13H2,1-3H3. The van der Waals surface area contributed by atoms with Crippen LogP contribution in [-0.4, -0.2) is 37.2 Å². The Labute approximate surface area is 137 Å². The quantitative estimate of drug-likeness (QED) is 0.927. The molecule has 1 saturated heterocycles. The van der Waals surface area contributed by atoms with E-state index in [1.807, 2.05) is 31.3 Å². The van der Waals surface area contributed by atoms with Gasteiger partial charge in [-0.25, -0.2) is 0 Å². The summed E-state index contributed by atoms with van der Waals surface area (Å²) in [6.07, 6.45) is 8.59. The SMILES string of the molecule is CNC1CC2(C=CC(=O)C=C2)OC1(C)Cc1ccc(OC)cc1. The van der Waals surface area contributed by atoms with E-state index in [-0.39, 0.29) is 17.4 Å². The van der Waals surface area contributed by atoms with E-state index in [9.17, 15) is 4.79 Å². The first-order valence-electron chi connectivity index (χ1n) is 7.91.